The molecule has 0 saturated carbocycles. The van der Waals surface area contributed by atoms with E-state index in [4.69, 9.17) is 10.5 Å². The van der Waals surface area contributed by atoms with Crippen LogP contribution in [0.5, 0.6) is 5.88 Å². The molecule has 3 aromatic rings. The molecule has 0 radical (unpaired) electrons. The van der Waals surface area contributed by atoms with E-state index < -0.39 is 16.1 Å². The molecule has 0 saturated heterocycles. The maximum Gasteiger partial charge on any atom is 0.281 e. The van der Waals surface area contributed by atoms with Crippen LogP contribution in [-0.4, -0.2) is 30.0 Å². The molecule has 1 aliphatic heterocycles. The van der Waals surface area contributed by atoms with Crippen molar-refractivity contribution >= 4 is 16.0 Å². The Labute approximate surface area is 201 Å². The summed E-state index contributed by atoms with van der Waals surface area (Å²) < 4.78 is 34.9. The summed E-state index contributed by atoms with van der Waals surface area (Å²) in [5.41, 5.74) is 10.6. The molecule has 0 spiro atoms. The molecule has 1 unspecified atom stereocenters. The molecule has 2 aromatic heterocycles. The van der Waals surface area contributed by atoms with Gasteiger partial charge in [0.2, 0.25) is 11.8 Å². The number of rotatable bonds is 2. The van der Waals surface area contributed by atoms with E-state index in [0.717, 1.165) is 23.1 Å². The van der Waals surface area contributed by atoms with Crippen molar-refractivity contribution in [2.24, 2.45) is 17.1 Å². The van der Waals surface area contributed by atoms with Crippen LogP contribution in [-0.2, 0) is 10.0 Å². The fourth-order valence-corrected chi connectivity index (χ4v) is 5.26. The van der Waals surface area contributed by atoms with Gasteiger partial charge in [-0.05, 0) is 48.9 Å². The SMILES string of the molecule is Cc1cccc(C)c1-c1cc2nc(n1)NS(=O)(=O)c1cccc(n1)C(N)[C@H](CC(C)(C)C)CO2. The molecule has 180 valence electrons. The minimum Gasteiger partial charge on any atom is -0.477 e. The van der Waals surface area contributed by atoms with E-state index in [-0.39, 0.29) is 28.2 Å². The van der Waals surface area contributed by atoms with Crippen LogP contribution in [0.3, 0.4) is 0 Å². The molecule has 1 aromatic carbocycles. The first-order valence-corrected chi connectivity index (χ1v) is 12.7. The third-order valence-electron chi connectivity index (χ3n) is 5.86. The molecule has 0 amide bonds. The smallest absolute Gasteiger partial charge is 0.281 e. The molecule has 2 atom stereocenters. The number of hydrogen-bond donors (Lipinski definition) is 2. The molecular weight excluding hydrogens is 450 g/mol. The number of nitrogens with zero attached hydrogens (tertiary/aromatic N) is 3. The van der Waals surface area contributed by atoms with Crippen LogP contribution >= 0.6 is 0 Å². The Hall–Kier alpha value is -3.04. The topological polar surface area (TPSA) is 120 Å². The average molecular weight is 482 g/mol. The van der Waals surface area contributed by atoms with Crippen LogP contribution in [0.2, 0.25) is 0 Å². The number of aryl methyl sites for hydroxylation is 2. The lowest BCUT2D eigenvalue weighted by Crippen LogP contribution is -2.32. The number of anilines is 1. The van der Waals surface area contributed by atoms with Crippen molar-refractivity contribution in [3.05, 3.63) is 59.3 Å². The second-order valence-electron chi connectivity index (χ2n) is 10.0. The highest BCUT2D eigenvalue weighted by Crippen LogP contribution is 2.34. The van der Waals surface area contributed by atoms with Crippen molar-refractivity contribution in [2.45, 2.75) is 52.1 Å². The average Bonchev–Trinajstić information content (AvgIpc) is 2.74. The first kappa shape index (κ1) is 24.1. The van der Waals surface area contributed by atoms with E-state index in [1.807, 2.05) is 32.0 Å². The Bertz CT molecular complexity index is 1300. The van der Waals surface area contributed by atoms with Crippen LogP contribution in [0, 0.1) is 25.2 Å². The summed E-state index contributed by atoms with van der Waals surface area (Å²) >= 11 is 0. The lowest BCUT2D eigenvalue weighted by atomic mass is 9.81. The molecular formula is C25H31N5O3S. The van der Waals surface area contributed by atoms with Gasteiger partial charge in [-0.15, -0.1) is 0 Å². The molecule has 34 heavy (non-hydrogen) atoms. The monoisotopic (exact) mass is 481 g/mol. The third kappa shape index (κ3) is 5.20. The number of pyridine rings is 1. The van der Waals surface area contributed by atoms with E-state index in [9.17, 15) is 8.42 Å². The van der Waals surface area contributed by atoms with Crippen molar-refractivity contribution in [3.63, 3.8) is 0 Å². The second kappa shape index (κ2) is 8.96. The first-order chi connectivity index (χ1) is 15.9. The van der Waals surface area contributed by atoms with E-state index >= 15 is 0 Å². The first-order valence-electron chi connectivity index (χ1n) is 11.3. The highest BCUT2D eigenvalue weighted by molar-refractivity contribution is 7.92. The van der Waals surface area contributed by atoms with Crippen LogP contribution in [0.4, 0.5) is 5.95 Å². The Morgan fingerprint density at radius 3 is 2.41 bits per heavy atom. The standard InChI is InChI=1S/C25H31N5O3S/c1-15-8-6-9-16(2)22(15)19-12-20-29-24(28-19)30-34(31,32)21-11-7-10-18(27-21)23(26)17(14-33-20)13-25(3,4)5/h6-12,17,23H,13-14,26H2,1-5H3,(H,28,29,30)/t17-,23?/m1/s1. The van der Waals surface area contributed by atoms with Gasteiger partial charge in [-0.3, -0.25) is 0 Å². The van der Waals surface area contributed by atoms with Crippen LogP contribution in [0.1, 0.15) is 50.1 Å². The van der Waals surface area contributed by atoms with Crippen LogP contribution < -0.4 is 15.2 Å². The summed E-state index contributed by atoms with van der Waals surface area (Å²) in [5.74, 6) is 0.105. The zero-order valence-electron chi connectivity index (χ0n) is 20.2. The molecule has 4 rings (SSSR count). The van der Waals surface area contributed by atoms with Crippen LogP contribution in [0.25, 0.3) is 11.3 Å². The predicted molar refractivity (Wildman–Crippen MR) is 132 cm³/mol. The molecule has 4 bridgehead atoms. The quantitative estimate of drug-likeness (QED) is 0.556. The highest BCUT2D eigenvalue weighted by atomic mass is 32.2. The van der Waals surface area contributed by atoms with E-state index in [1.54, 1.807) is 18.2 Å². The number of fused-ring (bicyclic) bond motifs is 4. The molecule has 3 heterocycles. The number of sulfonamides is 1. The van der Waals surface area contributed by atoms with Gasteiger partial charge in [0.25, 0.3) is 10.0 Å². The normalized spacial score (nSPS) is 19.8. The zero-order valence-corrected chi connectivity index (χ0v) is 21.0. The van der Waals surface area contributed by atoms with E-state index in [0.29, 0.717) is 18.0 Å². The maximum atomic E-state index is 13.2. The highest BCUT2D eigenvalue weighted by Gasteiger charge is 2.29. The lowest BCUT2D eigenvalue weighted by molar-refractivity contribution is 0.167. The molecule has 0 fully saturated rings. The fraction of sp³-hybridized carbons (Fsp3) is 0.400. The minimum atomic E-state index is -4.04. The van der Waals surface area contributed by atoms with Gasteiger partial charge in [0.1, 0.15) is 0 Å². The number of benzene rings is 1. The largest absolute Gasteiger partial charge is 0.477 e. The van der Waals surface area contributed by atoms with Crippen molar-refractivity contribution in [1.29, 1.82) is 0 Å². The van der Waals surface area contributed by atoms with Gasteiger partial charge < -0.3 is 10.5 Å². The fourth-order valence-electron chi connectivity index (χ4n) is 4.34. The zero-order chi connectivity index (χ0) is 24.7. The van der Waals surface area contributed by atoms with Gasteiger partial charge in [-0.2, -0.15) is 13.4 Å². The van der Waals surface area contributed by atoms with Gasteiger partial charge in [0.05, 0.1) is 24.0 Å². The third-order valence-corrected chi connectivity index (χ3v) is 7.08. The Morgan fingerprint density at radius 1 is 1.06 bits per heavy atom. The summed E-state index contributed by atoms with van der Waals surface area (Å²) in [6.45, 7) is 10.7. The summed E-state index contributed by atoms with van der Waals surface area (Å²) in [6.07, 6.45) is 0.757. The van der Waals surface area contributed by atoms with E-state index in [1.165, 1.54) is 6.07 Å². The van der Waals surface area contributed by atoms with Crippen LogP contribution in [0.15, 0.2) is 47.5 Å². The molecule has 9 heteroatoms. The van der Waals surface area contributed by atoms with Crippen molar-refractivity contribution < 1.29 is 13.2 Å². The molecule has 3 N–H and O–H groups in total. The summed E-state index contributed by atoms with van der Waals surface area (Å²) in [4.78, 5) is 13.3. The van der Waals surface area contributed by atoms with Crippen molar-refractivity contribution in [2.75, 3.05) is 11.3 Å². The molecule has 1 aliphatic rings. The van der Waals surface area contributed by atoms with Gasteiger partial charge in [0.15, 0.2) is 5.03 Å². The molecule has 0 aliphatic carbocycles. The van der Waals surface area contributed by atoms with Crippen molar-refractivity contribution in [3.8, 4) is 17.1 Å². The van der Waals surface area contributed by atoms with Gasteiger partial charge >= 0.3 is 0 Å². The molecule has 8 nitrogen and oxygen atoms in total. The lowest BCUT2D eigenvalue weighted by Gasteiger charge is -2.30. The van der Waals surface area contributed by atoms with Gasteiger partial charge in [-0.1, -0.05) is 45.0 Å². The van der Waals surface area contributed by atoms with Gasteiger partial charge in [-0.25, -0.2) is 14.7 Å². The predicted octanol–water partition coefficient (Wildman–Crippen LogP) is 4.40. The number of ether oxygens (including phenoxy) is 1. The van der Waals surface area contributed by atoms with Gasteiger partial charge in [0, 0.05) is 17.5 Å². The Kier molecular flexibility index (Phi) is 6.35. The number of aromatic nitrogens is 3. The van der Waals surface area contributed by atoms with Crippen molar-refractivity contribution in [1.82, 2.24) is 15.0 Å². The second-order valence-corrected chi connectivity index (χ2v) is 11.7. The maximum absolute atomic E-state index is 13.2. The number of nitrogens with one attached hydrogen (secondary N) is 1. The number of hydrogen-bond acceptors (Lipinski definition) is 7. The number of nitrogens with two attached hydrogens (primary N) is 1. The Morgan fingerprint density at radius 2 is 1.74 bits per heavy atom. The summed E-state index contributed by atoms with van der Waals surface area (Å²) in [5, 5.41) is -0.126. The summed E-state index contributed by atoms with van der Waals surface area (Å²) in [7, 11) is -4.04. The van der Waals surface area contributed by atoms with E-state index in [2.05, 4.69) is 40.4 Å². The summed E-state index contributed by atoms with van der Waals surface area (Å²) in [6, 6.07) is 12.0. The Balaban J connectivity index is 1.87. The minimum absolute atomic E-state index is 0.0196.